The fourth-order valence-corrected chi connectivity index (χ4v) is 3.42. The molecule has 1 aromatic heterocycles. The summed E-state index contributed by atoms with van der Waals surface area (Å²) >= 11 is 0. The average molecular weight is 380 g/mol. The second kappa shape index (κ2) is 9.88. The fraction of sp³-hybridized carbons (Fsp3) is 0.409. The number of rotatable bonds is 7. The average Bonchev–Trinajstić information content (AvgIpc) is 3.15. The van der Waals surface area contributed by atoms with Crippen LogP contribution < -0.4 is 5.32 Å². The number of aromatic nitrogens is 2. The van der Waals surface area contributed by atoms with Crippen LogP contribution in [-0.4, -0.2) is 46.1 Å². The van der Waals surface area contributed by atoms with Crippen molar-refractivity contribution >= 4 is 17.9 Å². The molecule has 2 aromatic rings. The molecule has 0 radical (unpaired) electrons. The van der Waals surface area contributed by atoms with Crippen LogP contribution in [0, 0.1) is 12.8 Å². The van der Waals surface area contributed by atoms with Gasteiger partial charge in [0.2, 0.25) is 11.8 Å². The Balaban J connectivity index is 1.41. The van der Waals surface area contributed by atoms with E-state index in [1.54, 1.807) is 17.0 Å². The van der Waals surface area contributed by atoms with E-state index in [1.165, 1.54) is 0 Å². The van der Waals surface area contributed by atoms with Crippen molar-refractivity contribution in [2.24, 2.45) is 5.92 Å². The number of piperidine rings is 1. The van der Waals surface area contributed by atoms with Gasteiger partial charge in [-0.3, -0.25) is 14.3 Å². The minimum absolute atomic E-state index is 0.0283. The Bertz CT molecular complexity index is 813. The summed E-state index contributed by atoms with van der Waals surface area (Å²) in [5, 5.41) is 7.20. The maximum absolute atomic E-state index is 12.5. The van der Waals surface area contributed by atoms with E-state index in [9.17, 15) is 9.59 Å². The second-order valence-corrected chi connectivity index (χ2v) is 7.37. The molecule has 0 saturated carbocycles. The summed E-state index contributed by atoms with van der Waals surface area (Å²) in [6.45, 7) is 4.65. The van der Waals surface area contributed by atoms with Crippen molar-refractivity contribution in [1.29, 1.82) is 0 Å². The number of aryl methyl sites for hydroxylation is 2. The molecule has 1 atom stereocenters. The van der Waals surface area contributed by atoms with E-state index in [4.69, 9.17) is 0 Å². The Morgan fingerprint density at radius 3 is 2.86 bits per heavy atom. The minimum Gasteiger partial charge on any atom is -0.356 e. The largest absolute Gasteiger partial charge is 0.356 e. The van der Waals surface area contributed by atoms with Gasteiger partial charge in [0.15, 0.2) is 0 Å². The van der Waals surface area contributed by atoms with Gasteiger partial charge < -0.3 is 10.2 Å². The van der Waals surface area contributed by atoms with E-state index in [0.717, 1.165) is 30.5 Å². The predicted molar refractivity (Wildman–Crippen MR) is 109 cm³/mol. The molecule has 1 aliphatic rings. The highest BCUT2D eigenvalue weighted by Gasteiger charge is 2.22. The van der Waals surface area contributed by atoms with Gasteiger partial charge >= 0.3 is 0 Å². The number of hydrogen-bond donors (Lipinski definition) is 1. The summed E-state index contributed by atoms with van der Waals surface area (Å²) < 4.78 is 1.79. The first-order valence-corrected chi connectivity index (χ1v) is 9.88. The summed E-state index contributed by atoms with van der Waals surface area (Å²) in [5.41, 5.74) is 2.11. The molecule has 1 aromatic carbocycles. The number of nitrogens with zero attached hydrogens (tertiary/aromatic N) is 3. The molecule has 2 heterocycles. The normalized spacial score (nSPS) is 17.0. The van der Waals surface area contributed by atoms with E-state index in [-0.39, 0.29) is 11.8 Å². The van der Waals surface area contributed by atoms with E-state index in [2.05, 4.69) is 10.4 Å². The molecule has 3 rings (SSSR count). The van der Waals surface area contributed by atoms with Crippen LogP contribution in [0.1, 0.15) is 30.4 Å². The lowest BCUT2D eigenvalue weighted by Gasteiger charge is -2.32. The van der Waals surface area contributed by atoms with Crippen LogP contribution >= 0.6 is 0 Å². The lowest BCUT2D eigenvalue weighted by molar-refractivity contribution is -0.127. The third-order valence-corrected chi connectivity index (χ3v) is 4.97. The van der Waals surface area contributed by atoms with Gasteiger partial charge in [-0.25, -0.2) is 0 Å². The summed E-state index contributed by atoms with van der Waals surface area (Å²) in [6.07, 6.45) is 9.63. The van der Waals surface area contributed by atoms with Crippen LogP contribution in [-0.2, 0) is 16.1 Å². The van der Waals surface area contributed by atoms with Gasteiger partial charge in [-0.1, -0.05) is 30.3 Å². The summed E-state index contributed by atoms with van der Waals surface area (Å²) in [5.74, 6) is 0.369. The fourth-order valence-electron chi connectivity index (χ4n) is 3.42. The Kier molecular flexibility index (Phi) is 7.00. The SMILES string of the molecule is Cc1cnn(CCC(=O)NCC2CCCN(C(=O)/C=C/c3ccccc3)C2)c1. The Labute approximate surface area is 166 Å². The maximum atomic E-state index is 12.5. The van der Waals surface area contributed by atoms with Crippen LogP contribution in [0.15, 0.2) is 48.8 Å². The third kappa shape index (κ3) is 6.08. The first-order valence-electron chi connectivity index (χ1n) is 9.88. The van der Waals surface area contributed by atoms with Crippen LogP contribution in [0.5, 0.6) is 0 Å². The molecule has 148 valence electrons. The molecule has 6 heteroatoms. The third-order valence-electron chi connectivity index (χ3n) is 4.97. The van der Waals surface area contributed by atoms with Crippen LogP contribution in [0.25, 0.3) is 6.08 Å². The van der Waals surface area contributed by atoms with E-state index >= 15 is 0 Å². The smallest absolute Gasteiger partial charge is 0.246 e. The van der Waals surface area contributed by atoms with Crippen molar-refractivity contribution in [1.82, 2.24) is 20.0 Å². The quantitative estimate of drug-likeness (QED) is 0.751. The zero-order valence-electron chi connectivity index (χ0n) is 16.4. The van der Waals surface area contributed by atoms with Crippen LogP contribution in [0.4, 0.5) is 0 Å². The van der Waals surface area contributed by atoms with Crippen molar-refractivity contribution in [3.8, 4) is 0 Å². The first-order chi connectivity index (χ1) is 13.6. The first kappa shape index (κ1) is 19.9. The van der Waals surface area contributed by atoms with Gasteiger partial charge in [0.1, 0.15) is 0 Å². The van der Waals surface area contributed by atoms with E-state index < -0.39 is 0 Å². The molecule has 1 aliphatic heterocycles. The molecule has 6 nitrogen and oxygen atoms in total. The lowest BCUT2D eigenvalue weighted by atomic mass is 9.97. The van der Waals surface area contributed by atoms with Gasteiger partial charge in [0.05, 0.1) is 6.20 Å². The Morgan fingerprint density at radius 1 is 1.29 bits per heavy atom. The Morgan fingerprint density at radius 2 is 2.11 bits per heavy atom. The molecule has 1 N–H and O–H groups in total. The van der Waals surface area contributed by atoms with Gasteiger partial charge in [-0.15, -0.1) is 0 Å². The second-order valence-electron chi connectivity index (χ2n) is 7.37. The summed E-state index contributed by atoms with van der Waals surface area (Å²) in [4.78, 5) is 26.4. The monoisotopic (exact) mass is 380 g/mol. The number of hydrogen-bond acceptors (Lipinski definition) is 3. The van der Waals surface area contributed by atoms with Crippen molar-refractivity contribution in [2.45, 2.75) is 32.7 Å². The summed E-state index contributed by atoms with van der Waals surface area (Å²) in [6, 6.07) is 9.82. The van der Waals surface area contributed by atoms with Gasteiger partial charge in [0, 0.05) is 44.9 Å². The van der Waals surface area contributed by atoms with Crippen LogP contribution in [0.2, 0.25) is 0 Å². The van der Waals surface area contributed by atoms with Crippen molar-refractivity contribution in [2.75, 3.05) is 19.6 Å². The summed E-state index contributed by atoms with van der Waals surface area (Å²) in [7, 11) is 0. The molecule has 0 bridgehead atoms. The topological polar surface area (TPSA) is 67.2 Å². The molecule has 28 heavy (non-hydrogen) atoms. The Hall–Kier alpha value is -2.89. The number of benzene rings is 1. The van der Waals surface area contributed by atoms with Gasteiger partial charge in [-0.2, -0.15) is 5.10 Å². The van der Waals surface area contributed by atoms with E-state index in [1.807, 2.05) is 54.4 Å². The number of amides is 2. The standard InChI is InChI=1S/C22H28N4O2/c1-18-14-24-26(16-18)13-11-21(27)23-15-20-8-5-12-25(17-20)22(28)10-9-19-6-3-2-4-7-19/h2-4,6-7,9-10,14,16,20H,5,8,11-13,15,17H2,1H3,(H,23,27)/b10-9+. The highest BCUT2D eigenvalue weighted by Crippen LogP contribution is 2.16. The zero-order valence-corrected chi connectivity index (χ0v) is 16.4. The molecule has 0 aliphatic carbocycles. The van der Waals surface area contributed by atoms with Gasteiger partial charge in [-0.05, 0) is 42.9 Å². The number of carbonyl (C=O) groups excluding carboxylic acids is 2. The molecular formula is C22H28N4O2. The molecule has 1 saturated heterocycles. The highest BCUT2D eigenvalue weighted by atomic mass is 16.2. The van der Waals surface area contributed by atoms with Crippen molar-refractivity contribution in [3.05, 3.63) is 59.9 Å². The van der Waals surface area contributed by atoms with Crippen molar-refractivity contribution < 1.29 is 9.59 Å². The molecule has 1 fully saturated rings. The highest BCUT2D eigenvalue weighted by molar-refractivity contribution is 5.91. The van der Waals surface area contributed by atoms with E-state index in [0.29, 0.717) is 32.0 Å². The van der Waals surface area contributed by atoms with Gasteiger partial charge in [0.25, 0.3) is 0 Å². The van der Waals surface area contributed by atoms with Crippen LogP contribution in [0.3, 0.4) is 0 Å². The van der Waals surface area contributed by atoms with Crippen molar-refractivity contribution in [3.63, 3.8) is 0 Å². The zero-order chi connectivity index (χ0) is 19.8. The number of carbonyl (C=O) groups is 2. The molecular weight excluding hydrogens is 352 g/mol. The predicted octanol–water partition coefficient (Wildman–Crippen LogP) is 2.65. The maximum Gasteiger partial charge on any atom is 0.246 e. The molecule has 2 amide bonds. The lowest BCUT2D eigenvalue weighted by Crippen LogP contribution is -2.43. The minimum atomic E-state index is 0.0283. The molecule has 0 spiro atoms. The molecule has 1 unspecified atom stereocenters. The number of likely N-dealkylation sites (tertiary alicyclic amines) is 1. The number of nitrogens with one attached hydrogen (secondary N) is 1.